The highest BCUT2D eigenvalue weighted by Gasteiger charge is 2.14. The SMILES string of the molecule is CCOC(=O)CCCCCCCCCCC(=O)c1ccc2ccc3cccc4ccc1c2c34. The Balaban J connectivity index is 1.24. The molecule has 33 heavy (non-hydrogen) atoms. The summed E-state index contributed by atoms with van der Waals surface area (Å²) in [6, 6.07) is 19.1. The van der Waals surface area contributed by atoms with Crippen molar-refractivity contribution in [2.75, 3.05) is 6.61 Å². The van der Waals surface area contributed by atoms with Gasteiger partial charge in [-0.1, -0.05) is 93.1 Å². The molecule has 0 saturated heterocycles. The summed E-state index contributed by atoms with van der Waals surface area (Å²) in [5, 5.41) is 7.24. The summed E-state index contributed by atoms with van der Waals surface area (Å²) < 4.78 is 4.95. The van der Waals surface area contributed by atoms with Crippen molar-refractivity contribution in [3.8, 4) is 0 Å². The van der Waals surface area contributed by atoms with Crippen LogP contribution < -0.4 is 0 Å². The largest absolute Gasteiger partial charge is 0.466 e. The number of hydrogen-bond acceptors (Lipinski definition) is 3. The lowest BCUT2D eigenvalue weighted by Crippen LogP contribution is -2.03. The monoisotopic (exact) mass is 442 g/mol. The summed E-state index contributed by atoms with van der Waals surface area (Å²) in [6.07, 6.45) is 9.95. The maximum atomic E-state index is 13.1. The second-order valence-electron chi connectivity index (χ2n) is 9.03. The van der Waals surface area contributed by atoms with Gasteiger partial charge in [0.15, 0.2) is 5.78 Å². The molecular formula is C30H34O3. The first-order valence-corrected chi connectivity index (χ1v) is 12.5. The molecule has 0 saturated carbocycles. The van der Waals surface area contributed by atoms with Gasteiger partial charge in [0.05, 0.1) is 6.61 Å². The molecule has 172 valence electrons. The van der Waals surface area contributed by atoms with Crippen LogP contribution in [-0.2, 0) is 9.53 Å². The lowest BCUT2D eigenvalue weighted by molar-refractivity contribution is -0.143. The number of unbranched alkanes of at least 4 members (excludes halogenated alkanes) is 7. The molecule has 0 atom stereocenters. The number of carbonyl (C=O) groups is 2. The standard InChI is InChI=1S/C30H34O3/c1-2-33-28(32)15-10-8-6-4-3-5-7-9-14-27(31)25-20-18-24-17-16-22-12-11-13-23-19-21-26(25)30(24)29(22)23/h11-13,16-21H,2-10,14-15H2,1H3. The van der Waals surface area contributed by atoms with Crippen LogP contribution in [-0.4, -0.2) is 18.4 Å². The molecular weight excluding hydrogens is 408 g/mol. The fourth-order valence-electron chi connectivity index (χ4n) is 4.96. The number of hydrogen-bond donors (Lipinski definition) is 0. The summed E-state index contributed by atoms with van der Waals surface area (Å²) in [7, 11) is 0. The first-order chi connectivity index (χ1) is 16.2. The zero-order chi connectivity index (χ0) is 23.0. The van der Waals surface area contributed by atoms with Gasteiger partial charge in [0, 0.05) is 18.4 Å². The Bertz CT molecular complexity index is 1210. The van der Waals surface area contributed by atoms with Crippen molar-refractivity contribution in [3.63, 3.8) is 0 Å². The zero-order valence-electron chi connectivity index (χ0n) is 19.7. The van der Waals surface area contributed by atoms with Gasteiger partial charge in [0.2, 0.25) is 0 Å². The van der Waals surface area contributed by atoms with E-state index in [-0.39, 0.29) is 11.8 Å². The highest BCUT2D eigenvalue weighted by molar-refractivity contribution is 6.26. The van der Waals surface area contributed by atoms with E-state index in [2.05, 4.69) is 48.5 Å². The van der Waals surface area contributed by atoms with Gasteiger partial charge >= 0.3 is 5.97 Å². The Morgan fingerprint density at radius 3 is 1.85 bits per heavy atom. The Labute approximate surface area is 196 Å². The molecule has 0 N–H and O–H groups in total. The average Bonchev–Trinajstić information content (AvgIpc) is 2.83. The van der Waals surface area contributed by atoms with Gasteiger partial charge in [-0.15, -0.1) is 0 Å². The molecule has 0 aliphatic heterocycles. The van der Waals surface area contributed by atoms with Crippen LogP contribution >= 0.6 is 0 Å². The number of carbonyl (C=O) groups excluding carboxylic acids is 2. The van der Waals surface area contributed by atoms with E-state index in [1.165, 1.54) is 52.6 Å². The van der Waals surface area contributed by atoms with Crippen molar-refractivity contribution in [1.82, 2.24) is 0 Å². The van der Waals surface area contributed by atoms with E-state index in [0.29, 0.717) is 19.4 Å². The maximum Gasteiger partial charge on any atom is 0.305 e. The Hall–Kier alpha value is -2.94. The summed E-state index contributed by atoms with van der Waals surface area (Å²) in [5.41, 5.74) is 0.863. The lowest BCUT2D eigenvalue weighted by Gasteiger charge is -2.13. The number of rotatable bonds is 13. The number of Topliss-reactive ketones (excluding diaryl/α,β-unsaturated/α-hetero) is 1. The highest BCUT2D eigenvalue weighted by atomic mass is 16.5. The van der Waals surface area contributed by atoms with Crippen LogP contribution in [0.1, 0.15) is 81.5 Å². The molecule has 0 heterocycles. The molecule has 0 amide bonds. The van der Waals surface area contributed by atoms with Crippen LogP contribution in [0.15, 0.2) is 54.6 Å². The smallest absolute Gasteiger partial charge is 0.305 e. The van der Waals surface area contributed by atoms with E-state index >= 15 is 0 Å². The van der Waals surface area contributed by atoms with Crippen molar-refractivity contribution < 1.29 is 14.3 Å². The fraction of sp³-hybridized carbons (Fsp3) is 0.400. The fourth-order valence-corrected chi connectivity index (χ4v) is 4.96. The van der Waals surface area contributed by atoms with Crippen molar-refractivity contribution in [2.45, 2.75) is 71.1 Å². The number of esters is 1. The van der Waals surface area contributed by atoms with Crippen LogP contribution in [0.5, 0.6) is 0 Å². The lowest BCUT2D eigenvalue weighted by atomic mass is 9.90. The van der Waals surface area contributed by atoms with Crippen LogP contribution in [0, 0.1) is 0 Å². The Kier molecular flexibility index (Phi) is 7.93. The van der Waals surface area contributed by atoms with E-state index in [0.717, 1.165) is 36.6 Å². The van der Waals surface area contributed by atoms with E-state index in [1.54, 1.807) is 0 Å². The zero-order valence-corrected chi connectivity index (χ0v) is 19.7. The number of benzene rings is 4. The quantitative estimate of drug-likeness (QED) is 0.0906. The third kappa shape index (κ3) is 5.52. The molecule has 3 heteroatoms. The summed E-state index contributed by atoms with van der Waals surface area (Å²) >= 11 is 0. The second kappa shape index (κ2) is 11.3. The van der Waals surface area contributed by atoms with Crippen molar-refractivity contribution in [2.24, 2.45) is 0 Å². The second-order valence-corrected chi connectivity index (χ2v) is 9.03. The van der Waals surface area contributed by atoms with Gasteiger partial charge in [-0.3, -0.25) is 9.59 Å². The Morgan fingerprint density at radius 2 is 1.18 bits per heavy atom. The van der Waals surface area contributed by atoms with Gasteiger partial charge < -0.3 is 4.74 Å². The maximum absolute atomic E-state index is 13.1. The van der Waals surface area contributed by atoms with Crippen molar-refractivity contribution >= 4 is 44.1 Å². The van der Waals surface area contributed by atoms with E-state index in [9.17, 15) is 9.59 Å². The predicted octanol–water partition coefficient (Wildman–Crippen LogP) is 8.23. The Morgan fingerprint density at radius 1 is 0.636 bits per heavy atom. The molecule has 4 aromatic rings. The third-order valence-corrected chi connectivity index (χ3v) is 6.67. The van der Waals surface area contributed by atoms with Crippen molar-refractivity contribution in [3.05, 3.63) is 60.2 Å². The molecule has 4 aromatic carbocycles. The minimum absolute atomic E-state index is 0.0770. The molecule has 3 nitrogen and oxygen atoms in total. The summed E-state index contributed by atoms with van der Waals surface area (Å²) in [4.78, 5) is 24.4. The summed E-state index contributed by atoms with van der Waals surface area (Å²) in [6.45, 7) is 2.31. The molecule has 4 rings (SSSR count). The third-order valence-electron chi connectivity index (χ3n) is 6.67. The number of ketones is 1. The molecule has 0 aromatic heterocycles. The van der Waals surface area contributed by atoms with Gasteiger partial charge in [-0.25, -0.2) is 0 Å². The minimum Gasteiger partial charge on any atom is -0.466 e. The molecule has 0 spiro atoms. The first kappa shape index (κ1) is 23.2. The van der Waals surface area contributed by atoms with E-state index in [1.807, 2.05) is 13.0 Å². The van der Waals surface area contributed by atoms with Gasteiger partial charge in [0.1, 0.15) is 0 Å². The minimum atomic E-state index is -0.0770. The number of ether oxygens (including phenoxy) is 1. The van der Waals surface area contributed by atoms with Crippen LogP contribution in [0.25, 0.3) is 32.3 Å². The van der Waals surface area contributed by atoms with Crippen LogP contribution in [0.2, 0.25) is 0 Å². The topological polar surface area (TPSA) is 43.4 Å². The molecule has 0 bridgehead atoms. The van der Waals surface area contributed by atoms with E-state index in [4.69, 9.17) is 4.74 Å². The van der Waals surface area contributed by atoms with Gasteiger partial charge in [-0.05, 0) is 52.1 Å². The molecule has 0 radical (unpaired) electrons. The van der Waals surface area contributed by atoms with Gasteiger partial charge in [0.25, 0.3) is 0 Å². The molecule has 0 fully saturated rings. The van der Waals surface area contributed by atoms with E-state index < -0.39 is 0 Å². The van der Waals surface area contributed by atoms with Crippen LogP contribution in [0.3, 0.4) is 0 Å². The van der Waals surface area contributed by atoms with Crippen LogP contribution in [0.4, 0.5) is 0 Å². The van der Waals surface area contributed by atoms with Gasteiger partial charge in [-0.2, -0.15) is 0 Å². The predicted molar refractivity (Wildman–Crippen MR) is 137 cm³/mol. The summed E-state index contributed by atoms with van der Waals surface area (Å²) in [5.74, 6) is 0.179. The van der Waals surface area contributed by atoms with Crippen molar-refractivity contribution in [1.29, 1.82) is 0 Å². The average molecular weight is 443 g/mol. The molecule has 0 aliphatic carbocycles. The molecule has 0 unspecified atom stereocenters. The highest BCUT2D eigenvalue weighted by Crippen LogP contribution is 2.36. The normalized spacial score (nSPS) is 11.5. The molecule has 0 aliphatic rings. The first-order valence-electron chi connectivity index (χ1n) is 12.5.